The van der Waals surface area contributed by atoms with E-state index in [9.17, 15) is 23.1 Å². The number of nitrogens with zero attached hydrogens (tertiary/aromatic N) is 1. The quantitative estimate of drug-likeness (QED) is 0.681. The molecule has 1 heterocycles. The first-order chi connectivity index (χ1) is 6.88. The number of carbonyl (C=O) groups is 1. The predicted octanol–water partition coefficient (Wildman–Crippen LogP) is -0.270. The largest absolute Gasteiger partial charge is 0.471 e. The van der Waals surface area contributed by atoms with Gasteiger partial charge in [0.25, 0.3) is 0 Å². The van der Waals surface area contributed by atoms with Crippen LogP contribution in [0.1, 0.15) is 6.92 Å². The molecule has 4 nitrogen and oxygen atoms in total. The summed E-state index contributed by atoms with van der Waals surface area (Å²) in [5.74, 6) is -1.89. The molecule has 15 heavy (non-hydrogen) atoms. The average Bonchev–Trinajstić information content (AvgIpc) is 2.52. The zero-order valence-electron chi connectivity index (χ0n) is 8.21. The van der Waals surface area contributed by atoms with E-state index in [0.29, 0.717) is 4.90 Å². The van der Waals surface area contributed by atoms with Crippen LogP contribution in [0.15, 0.2) is 0 Å². The molecule has 0 aromatic carbocycles. The summed E-state index contributed by atoms with van der Waals surface area (Å²) in [6, 6.07) is -0.788. The SMILES string of the molecule is CCN(C(=O)C(F)(F)F)[C@@H]1CNC[C@H]1O. The maximum Gasteiger partial charge on any atom is 0.471 e. The van der Waals surface area contributed by atoms with Crippen LogP contribution in [-0.2, 0) is 4.79 Å². The van der Waals surface area contributed by atoms with Gasteiger partial charge >= 0.3 is 12.1 Å². The molecule has 7 heteroatoms. The Morgan fingerprint density at radius 1 is 1.53 bits per heavy atom. The number of aliphatic hydroxyl groups excluding tert-OH is 1. The van der Waals surface area contributed by atoms with Gasteiger partial charge in [-0.2, -0.15) is 13.2 Å². The van der Waals surface area contributed by atoms with Crippen LogP contribution in [-0.4, -0.2) is 53.9 Å². The summed E-state index contributed by atoms with van der Waals surface area (Å²) in [5.41, 5.74) is 0. The zero-order chi connectivity index (χ0) is 11.6. The van der Waals surface area contributed by atoms with Gasteiger partial charge in [0.15, 0.2) is 0 Å². The van der Waals surface area contributed by atoms with Crippen molar-refractivity contribution in [2.24, 2.45) is 0 Å². The number of alkyl halides is 3. The van der Waals surface area contributed by atoms with Crippen molar-refractivity contribution >= 4 is 5.91 Å². The zero-order valence-corrected chi connectivity index (χ0v) is 8.21. The predicted molar refractivity (Wildman–Crippen MR) is 46.1 cm³/mol. The van der Waals surface area contributed by atoms with Crippen molar-refractivity contribution in [1.29, 1.82) is 0 Å². The molecular formula is C8H13F3N2O2. The number of hydrogen-bond donors (Lipinski definition) is 2. The summed E-state index contributed by atoms with van der Waals surface area (Å²) in [6.45, 7) is 1.79. The Balaban J connectivity index is 2.75. The van der Waals surface area contributed by atoms with Gasteiger partial charge in [0.1, 0.15) is 0 Å². The Labute approximate surface area is 85.1 Å². The smallest absolute Gasteiger partial charge is 0.390 e. The Morgan fingerprint density at radius 3 is 2.47 bits per heavy atom. The number of β-amino-alcohol motifs (C(OH)–C–C–N with tert-alkyl or cyclic N) is 1. The second-order valence-corrected chi connectivity index (χ2v) is 3.38. The molecule has 1 aliphatic rings. The minimum Gasteiger partial charge on any atom is -0.390 e. The molecule has 0 spiro atoms. The lowest BCUT2D eigenvalue weighted by Gasteiger charge is -2.29. The summed E-state index contributed by atoms with van der Waals surface area (Å²) in [6.07, 6.45) is -5.81. The third kappa shape index (κ3) is 2.60. The van der Waals surface area contributed by atoms with Gasteiger partial charge in [-0.1, -0.05) is 0 Å². The minimum absolute atomic E-state index is 0.0677. The van der Waals surface area contributed by atoms with E-state index in [2.05, 4.69) is 5.32 Å². The molecule has 0 unspecified atom stereocenters. The van der Waals surface area contributed by atoms with Crippen LogP contribution in [0.4, 0.5) is 13.2 Å². The Hall–Kier alpha value is -0.820. The molecule has 2 atom stereocenters. The molecule has 0 aromatic rings. The number of halogens is 3. The highest BCUT2D eigenvalue weighted by Gasteiger charge is 2.46. The molecule has 0 aliphatic carbocycles. The Morgan fingerprint density at radius 2 is 2.13 bits per heavy atom. The van der Waals surface area contributed by atoms with Crippen LogP contribution < -0.4 is 5.32 Å². The van der Waals surface area contributed by atoms with Crippen molar-refractivity contribution in [3.63, 3.8) is 0 Å². The van der Waals surface area contributed by atoms with E-state index < -0.39 is 24.2 Å². The van der Waals surface area contributed by atoms with E-state index in [1.807, 2.05) is 0 Å². The maximum absolute atomic E-state index is 12.2. The molecule has 2 N–H and O–H groups in total. The van der Waals surface area contributed by atoms with Gasteiger partial charge in [-0.05, 0) is 6.92 Å². The van der Waals surface area contributed by atoms with Gasteiger partial charge in [0, 0.05) is 19.6 Å². The van der Waals surface area contributed by atoms with Gasteiger partial charge in [0.2, 0.25) is 0 Å². The Bertz CT molecular complexity index is 245. The molecule has 1 saturated heterocycles. The van der Waals surface area contributed by atoms with Gasteiger partial charge in [-0.3, -0.25) is 4.79 Å². The highest BCUT2D eigenvalue weighted by molar-refractivity contribution is 5.82. The summed E-state index contributed by atoms with van der Waals surface area (Å²) in [4.78, 5) is 11.6. The normalized spacial score (nSPS) is 26.7. The molecule has 88 valence electrons. The first-order valence-corrected chi connectivity index (χ1v) is 4.64. The number of likely N-dealkylation sites (N-methyl/N-ethyl adjacent to an activating group) is 1. The highest BCUT2D eigenvalue weighted by Crippen LogP contribution is 2.21. The summed E-state index contributed by atoms with van der Waals surface area (Å²) in [7, 11) is 0. The second-order valence-electron chi connectivity index (χ2n) is 3.38. The molecule has 1 fully saturated rings. The minimum atomic E-state index is -4.88. The Kier molecular flexibility index (Phi) is 3.56. The molecular weight excluding hydrogens is 213 g/mol. The van der Waals surface area contributed by atoms with E-state index >= 15 is 0 Å². The topological polar surface area (TPSA) is 52.6 Å². The van der Waals surface area contributed by atoms with Crippen molar-refractivity contribution < 1.29 is 23.1 Å². The fourth-order valence-corrected chi connectivity index (χ4v) is 1.66. The van der Waals surface area contributed by atoms with E-state index in [0.717, 1.165) is 0 Å². The number of rotatable bonds is 2. The lowest BCUT2D eigenvalue weighted by molar-refractivity contribution is -0.188. The molecule has 0 radical (unpaired) electrons. The number of amides is 1. The van der Waals surface area contributed by atoms with E-state index in [4.69, 9.17) is 0 Å². The monoisotopic (exact) mass is 226 g/mol. The fraction of sp³-hybridized carbons (Fsp3) is 0.875. The van der Waals surface area contributed by atoms with Crippen molar-refractivity contribution in [1.82, 2.24) is 10.2 Å². The van der Waals surface area contributed by atoms with E-state index in [1.165, 1.54) is 6.92 Å². The first-order valence-electron chi connectivity index (χ1n) is 4.64. The lowest BCUT2D eigenvalue weighted by Crippen LogP contribution is -2.51. The van der Waals surface area contributed by atoms with Crippen LogP contribution in [0.5, 0.6) is 0 Å². The first kappa shape index (κ1) is 12.3. The summed E-state index contributed by atoms with van der Waals surface area (Å²) < 4.78 is 36.5. The van der Waals surface area contributed by atoms with Crippen LogP contribution in [0.3, 0.4) is 0 Å². The van der Waals surface area contributed by atoms with Crippen LogP contribution in [0, 0.1) is 0 Å². The molecule has 1 rings (SSSR count). The van der Waals surface area contributed by atoms with Gasteiger partial charge in [-0.25, -0.2) is 0 Å². The number of nitrogens with one attached hydrogen (secondary N) is 1. The van der Waals surface area contributed by atoms with Crippen molar-refractivity contribution in [2.45, 2.75) is 25.2 Å². The average molecular weight is 226 g/mol. The number of carbonyl (C=O) groups excluding carboxylic acids is 1. The van der Waals surface area contributed by atoms with Gasteiger partial charge in [0.05, 0.1) is 12.1 Å². The third-order valence-corrected chi connectivity index (χ3v) is 2.40. The number of aliphatic hydroxyl groups is 1. The van der Waals surface area contributed by atoms with Gasteiger partial charge < -0.3 is 15.3 Å². The van der Waals surface area contributed by atoms with Crippen molar-refractivity contribution in [2.75, 3.05) is 19.6 Å². The van der Waals surface area contributed by atoms with Crippen molar-refractivity contribution in [3.8, 4) is 0 Å². The fourth-order valence-electron chi connectivity index (χ4n) is 1.66. The van der Waals surface area contributed by atoms with Gasteiger partial charge in [-0.15, -0.1) is 0 Å². The lowest BCUT2D eigenvalue weighted by atomic mass is 10.2. The maximum atomic E-state index is 12.2. The number of hydrogen-bond acceptors (Lipinski definition) is 3. The molecule has 0 saturated carbocycles. The van der Waals surface area contributed by atoms with Crippen LogP contribution in [0.2, 0.25) is 0 Å². The second kappa shape index (κ2) is 4.36. The highest BCUT2D eigenvalue weighted by atomic mass is 19.4. The molecule has 1 aliphatic heterocycles. The van der Waals surface area contributed by atoms with Crippen LogP contribution in [0.25, 0.3) is 0 Å². The summed E-state index contributed by atoms with van der Waals surface area (Å²) in [5, 5.41) is 12.1. The van der Waals surface area contributed by atoms with E-state index in [-0.39, 0.29) is 19.6 Å². The standard InChI is InChI=1S/C8H13F3N2O2/c1-2-13(7(15)8(9,10)11)5-3-12-4-6(5)14/h5-6,12,14H,2-4H2,1H3/t5-,6-/m1/s1. The molecule has 1 amide bonds. The summed E-state index contributed by atoms with van der Waals surface area (Å²) >= 11 is 0. The third-order valence-electron chi connectivity index (χ3n) is 2.40. The molecule has 0 bridgehead atoms. The van der Waals surface area contributed by atoms with Crippen LogP contribution >= 0.6 is 0 Å². The van der Waals surface area contributed by atoms with Crippen molar-refractivity contribution in [3.05, 3.63) is 0 Å². The van der Waals surface area contributed by atoms with E-state index in [1.54, 1.807) is 0 Å². The molecule has 0 aromatic heterocycles.